The van der Waals surface area contributed by atoms with Gasteiger partial charge in [-0.05, 0) is 44.2 Å². The van der Waals surface area contributed by atoms with Gasteiger partial charge in [-0.15, -0.1) is 0 Å². The highest BCUT2D eigenvalue weighted by molar-refractivity contribution is 5.92. The lowest BCUT2D eigenvalue weighted by Gasteiger charge is -2.32. The maximum absolute atomic E-state index is 12.6. The Hall–Kier alpha value is -3.03. The molecular weight excluding hydrogens is 346 g/mol. The van der Waals surface area contributed by atoms with E-state index >= 15 is 0 Å². The lowest BCUT2D eigenvalue weighted by molar-refractivity contribution is 0.0657. The van der Waals surface area contributed by atoms with E-state index < -0.39 is 0 Å². The van der Waals surface area contributed by atoms with Crippen LogP contribution >= 0.6 is 0 Å². The first kappa shape index (κ1) is 17.4. The van der Waals surface area contributed by atoms with Crippen molar-refractivity contribution in [2.75, 3.05) is 13.1 Å². The Morgan fingerprint density at radius 2 is 2.11 bits per heavy atom. The Labute approximate surface area is 156 Å². The monoisotopic (exact) mass is 367 g/mol. The molecule has 4 heterocycles. The molecule has 1 aliphatic rings. The van der Waals surface area contributed by atoms with E-state index in [1.807, 2.05) is 17.0 Å². The highest BCUT2D eigenvalue weighted by Crippen LogP contribution is 2.23. The number of nitrogens with zero attached hydrogens (tertiary/aromatic N) is 5. The van der Waals surface area contributed by atoms with Crippen LogP contribution in [0, 0.1) is 12.8 Å². The van der Waals surface area contributed by atoms with Crippen LogP contribution in [-0.2, 0) is 6.42 Å². The zero-order valence-electron chi connectivity index (χ0n) is 15.2. The van der Waals surface area contributed by atoms with E-state index in [-0.39, 0.29) is 5.91 Å². The fourth-order valence-electron chi connectivity index (χ4n) is 3.41. The average Bonchev–Trinajstić information content (AvgIpc) is 3.36. The van der Waals surface area contributed by atoms with Gasteiger partial charge in [0.05, 0.1) is 0 Å². The molecule has 1 fully saturated rings. The van der Waals surface area contributed by atoms with Gasteiger partial charge in [0.1, 0.15) is 5.76 Å². The summed E-state index contributed by atoms with van der Waals surface area (Å²) in [7, 11) is 0. The Kier molecular flexibility index (Phi) is 4.95. The molecule has 1 amide bonds. The normalized spacial score (nSPS) is 17.2. The molecule has 1 unspecified atom stereocenters. The van der Waals surface area contributed by atoms with Crippen LogP contribution < -0.4 is 0 Å². The van der Waals surface area contributed by atoms with E-state index in [9.17, 15) is 4.79 Å². The minimum atomic E-state index is -0.0592. The van der Waals surface area contributed by atoms with Crippen LogP contribution in [0.4, 0.5) is 0 Å². The standard InChI is InChI=1S/C19H21N5O3/c1-13-11-16(22-26-13)19(25)24-10-2-3-14(12-24)4-5-17-21-18(27-23-17)15-6-8-20-9-7-15/h6-9,11,14H,2-5,10,12H2,1H3. The Morgan fingerprint density at radius 3 is 2.89 bits per heavy atom. The number of hydrogen-bond donors (Lipinski definition) is 0. The smallest absolute Gasteiger partial charge is 0.276 e. The van der Waals surface area contributed by atoms with Gasteiger partial charge in [-0.25, -0.2) is 0 Å². The fourth-order valence-corrected chi connectivity index (χ4v) is 3.41. The molecule has 1 atom stereocenters. The quantitative estimate of drug-likeness (QED) is 0.684. The summed E-state index contributed by atoms with van der Waals surface area (Å²) in [6.07, 6.45) is 7.12. The van der Waals surface area contributed by atoms with Crippen molar-refractivity contribution in [3.63, 3.8) is 0 Å². The van der Waals surface area contributed by atoms with E-state index in [2.05, 4.69) is 20.3 Å². The Balaban J connectivity index is 1.33. The number of aromatic nitrogens is 4. The summed E-state index contributed by atoms with van der Waals surface area (Å²) in [6.45, 7) is 3.27. The van der Waals surface area contributed by atoms with Gasteiger partial charge in [0, 0.05) is 43.5 Å². The average molecular weight is 367 g/mol. The van der Waals surface area contributed by atoms with Crippen molar-refractivity contribution in [1.29, 1.82) is 0 Å². The lowest BCUT2D eigenvalue weighted by Crippen LogP contribution is -2.40. The first-order chi connectivity index (χ1) is 13.2. The third kappa shape index (κ3) is 4.05. The number of likely N-dealkylation sites (tertiary alicyclic amines) is 1. The van der Waals surface area contributed by atoms with Crippen LogP contribution in [0.3, 0.4) is 0 Å². The summed E-state index contributed by atoms with van der Waals surface area (Å²) in [5.41, 5.74) is 1.24. The van der Waals surface area contributed by atoms with Crippen molar-refractivity contribution in [3.8, 4) is 11.5 Å². The number of rotatable bonds is 5. The molecular formula is C19H21N5O3. The maximum atomic E-state index is 12.6. The van der Waals surface area contributed by atoms with Crippen LogP contribution in [0.25, 0.3) is 11.5 Å². The Bertz CT molecular complexity index is 905. The molecule has 8 heteroatoms. The van der Waals surface area contributed by atoms with Gasteiger partial charge >= 0.3 is 0 Å². The number of aryl methyl sites for hydroxylation is 2. The molecule has 140 valence electrons. The number of pyridine rings is 1. The number of piperidine rings is 1. The molecule has 0 bridgehead atoms. The predicted octanol–water partition coefficient (Wildman–Crippen LogP) is 2.91. The van der Waals surface area contributed by atoms with Crippen molar-refractivity contribution in [3.05, 3.63) is 47.9 Å². The van der Waals surface area contributed by atoms with Gasteiger partial charge < -0.3 is 13.9 Å². The molecule has 3 aromatic heterocycles. The zero-order chi connectivity index (χ0) is 18.6. The summed E-state index contributed by atoms with van der Waals surface area (Å²) < 4.78 is 10.4. The molecule has 0 aromatic carbocycles. The van der Waals surface area contributed by atoms with Crippen LogP contribution in [0.1, 0.15) is 41.3 Å². The third-order valence-electron chi connectivity index (χ3n) is 4.82. The van der Waals surface area contributed by atoms with Gasteiger partial charge in [0.2, 0.25) is 0 Å². The van der Waals surface area contributed by atoms with Crippen molar-refractivity contribution in [2.45, 2.75) is 32.6 Å². The molecule has 3 aromatic rings. The molecule has 1 saturated heterocycles. The lowest BCUT2D eigenvalue weighted by atomic mass is 9.93. The van der Waals surface area contributed by atoms with Gasteiger partial charge in [-0.3, -0.25) is 9.78 Å². The molecule has 0 radical (unpaired) electrons. The number of carbonyl (C=O) groups excluding carboxylic acids is 1. The van der Waals surface area contributed by atoms with Gasteiger partial charge in [0.15, 0.2) is 11.5 Å². The number of carbonyl (C=O) groups is 1. The largest absolute Gasteiger partial charge is 0.361 e. The van der Waals surface area contributed by atoms with Crippen molar-refractivity contribution >= 4 is 5.91 Å². The fraction of sp³-hybridized carbons (Fsp3) is 0.421. The summed E-state index contributed by atoms with van der Waals surface area (Å²) >= 11 is 0. The second-order valence-electron chi connectivity index (χ2n) is 6.87. The molecule has 0 spiro atoms. The van der Waals surface area contributed by atoms with Crippen LogP contribution in [0.2, 0.25) is 0 Å². The summed E-state index contributed by atoms with van der Waals surface area (Å²) in [6, 6.07) is 5.37. The second kappa shape index (κ2) is 7.69. The first-order valence-corrected chi connectivity index (χ1v) is 9.14. The van der Waals surface area contributed by atoms with Crippen molar-refractivity contribution < 1.29 is 13.8 Å². The summed E-state index contributed by atoms with van der Waals surface area (Å²) in [5, 5.41) is 7.91. The number of amides is 1. The minimum absolute atomic E-state index is 0.0592. The minimum Gasteiger partial charge on any atom is -0.361 e. The molecule has 8 nitrogen and oxygen atoms in total. The second-order valence-corrected chi connectivity index (χ2v) is 6.87. The molecule has 27 heavy (non-hydrogen) atoms. The van der Waals surface area contributed by atoms with E-state index in [0.717, 1.165) is 44.3 Å². The summed E-state index contributed by atoms with van der Waals surface area (Å²) in [5.74, 6) is 2.20. The zero-order valence-corrected chi connectivity index (χ0v) is 15.2. The van der Waals surface area contributed by atoms with Crippen LogP contribution in [0.15, 0.2) is 39.6 Å². The third-order valence-corrected chi connectivity index (χ3v) is 4.82. The van der Waals surface area contributed by atoms with Crippen molar-refractivity contribution in [2.24, 2.45) is 5.92 Å². The van der Waals surface area contributed by atoms with E-state index in [4.69, 9.17) is 9.05 Å². The van der Waals surface area contributed by atoms with Gasteiger partial charge in [-0.1, -0.05) is 10.3 Å². The van der Waals surface area contributed by atoms with E-state index in [0.29, 0.717) is 29.1 Å². The van der Waals surface area contributed by atoms with Crippen LogP contribution in [0.5, 0.6) is 0 Å². The van der Waals surface area contributed by atoms with Gasteiger partial charge in [0.25, 0.3) is 11.8 Å². The topological polar surface area (TPSA) is 98.2 Å². The SMILES string of the molecule is Cc1cc(C(=O)N2CCCC(CCc3noc(-c4ccncc4)n3)C2)no1. The predicted molar refractivity (Wildman–Crippen MR) is 95.7 cm³/mol. The highest BCUT2D eigenvalue weighted by atomic mass is 16.5. The van der Waals surface area contributed by atoms with E-state index in [1.54, 1.807) is 25.4 Å². The van der Waals surface area contributed by atoms with Crippen molar-refractivity contribution in [1.82, 2.24) is 25.2 Å². The highest BCUT2D eigenvalue weighted by Gasteiger charge is 2.26. The maximum Gasteiger partial charge on any atom is 0.276 e. The molecule has 0 N–H and O–H groups in total. The van der Waals surface area contributed by atoms with E-state index in [1.165, 1.54) is 0 Å². The van der Waals surface area contributed by atoms with Gasteiger partial charge in [-0.2, -0.15) is 4.98 Å². The summed E-state index contributed by atoms with van der Waals surface area (Å²) in [4.78, 5) is 22.9. The molecule has 4 rings (SSSR count). The van der Waals surface area contributed by atoms with Crippen LogP contribution in [-0.4, -0.2) is 44.2 Å². The molecule has 0 saturated carbocycles. The first-order valence-electron chi connectivity index (χ1n) is 9.14. The Morgan fingerprint density at radius 1 is 1.26 bits per heavy atom. The molecule has 1 aliphatic heterocycles. The number of hydrogen-bond acceptors (Lipinski definition) is 7. The molecule has 0 aliphatic carbocycles.